The summed E-state index contributed by atoms with van der Waals surface area (Å²) < 4.78 is 7.21. The second-order valence-electron chi connectivity index (χ2n) is 9.12. The molecule has 43 heavy (non-hydrogen) atoms. The molecule has 0 atom stereocenters. The Morgan fingerprint density at radius 2 is 1.56 bits per heavy atom. The number of aliphatic hydroxyl groups excluding tert-OH is 1. The van der Waals surface area contributed by atoms with Gasteiger partial charge in [-0.1, -0.05) is 57.9 Å². The second kappa shape index (κ2) is 35.0. The Bertz CT molecular complexity index is 1000. The number of nitroso groups, excluding NO2 is 1. The maximum atomic E-state index is 10.6. The van der Waals surface area contributed by atoms with E-state index in [0.717, 1.165) is 30.5 Å². The Hall–Kier alpha value is -3.24. The number of methoxy groups -OCH3 is 1. The van der Waals surface area contributed by atoms with Crippen molar-refractivity contribution < 1.29 is 9.84 Å². The van der Waals surface area contributed by atoms with Crippen molar-refractivity contribution in [1.29, 1.82) is 0 Å². The van der Waals surface area contributed by atoms with Crippen LogP contribution in [0.4, 0.5) is 5.69 Å². The van der Waals surface area contributed by atoms with Crippen molar-refractivity contribution in [2.24, 2.45) is 12.2 Å². The maximum Gasteiger partial charge on any atom is 0.108 e. The fourth-order valence-corrected chi connectivity index (χ4v) is 3.95. The molecule has 2 heterocycles. The molecule has 1 saturated heterocycles. The normalized spacial score (nSPS) is 12.0. The van der Waals surface area contributed by atoms with E-state index in [-0.39, 0.29) is 6.61 Å². The molecule has 0 unspecified atom stereocenters. The summed E-state index contributed by atoms with van der Waals surface area (Å²) in [5, 5.41) is 11.8. The lowest BCUT2D eigenvalue weighted by molar-refractivity contribution is 0.150. The molecule has 6 nitrogen and oxygen atoms in total. The van der Waals surface area contributed by atoms with Gasteiger partial charge in [0.2, 0.25) is 0 Å². The lowest BCUT2D eigenvalue weighted by Crippen LogP contribution is -2.28. The second-order valence-corrected chi connectivity index (χ2v) is 9.12. The van der Waals surface area contributed by atoms with Crippen molar-refractivity contribution >= 4 is 22.2 Å². The number of aromatic nitrogens is 1. The van der Waals surface area contributed by atoms with Crippen LogP contribution in [0.25, 0.3) is 16.5 Å². The number of nitrogens with zero attached hydrogens (tertiary/aromatic N) is 3. The Balaban J connectivity index is -0.000000251. The number of allylic oxidation sites excluding steroid dienone is 4. The van der Waals surface area contributed by atoms with Crippen LogP contribution < -0.4 is 0 Å². The van der Waals surface area contributed by atoms with Gasteiger partial charge < -0.3 is 19.3 Å². The average molecular weight is 598 g/mol. The average Bonchev–Trinajstić information content (AvgIpc) is 3.20. The van der Waals surface area contributed by atoms with Crippen LogP contribution >= 0.6 is 0 Å². The number of hydrogen-bond donors (Lipinski definition) is 1. The summed E-state index contributed by atoms with van der Waals surface area (Å²) in [5.74, 6) is 0. The number of ether oxygens (including phenoxy) is 1. The minimum absolute atomic E-state index is 0.0833. The van der Waals surface area contributed by atoms with Gasteiger partial charge in [-0.05, 0) is 94.6 Å². The first-order valence-electron chi connectivity index (χ1n) is 15.3. The summed E-state index contributed by atoms with van der Waals surface area (Å²) in [4.78, 5) is 13.1. The number of aryl methyl sites for hydroxylation is 2. The standard InChI is InChI=1S/C14H16N2O.C9H19NO.C4H8.C3H6O.C3H6.C2H6.C2H2/c1-5-9(2)14-10(3)12-8-11(15-17)6-7-13(12)16(14)4;1-11-9-8-10-6-4-2-3-5-7-10;1-3-4-2;1-2-3-4;1-3-2;2*1-2/h5-8H,1-4H3;2-9H2,1H3;3H,1,4H2,2H3;2,4H,1,3H2;3H,1H2,2H3;1-2H3;1-2H/b9-5+;;;;;;. The summed E-state index contributed by atoms with van der Waals surface area (Å²) in [6.45, 7) is 28.9. The van der Waals surface area contributed by atoms with Crippen LogP contribution in [-0.2, 0) is 11.8 Å². The van der Waals surface area contributed by atoms with Gasteiger partial charge in [0, 0.05) is 37.3 Å². The van der Waals surface area contributed by atoms with E-state index in [1.165, 1.54) is 61.7 Å². The molecule has 244 valence electrons. The molecule has 0 radical (unpaired) electrons. The summed E-state index contributed by atoms with van der Waals surface area (Å²) in [6.07, 6.45) is 21.8. The molecule has 6 heteroatoms. The number of fused-ring (bicyclic) bond motifs is 1. The summed E-state index contributed by atoms with van der Waals surface area (Å²) >= 11 is 0. The monoisotopic (exact) mass is 597 g/mol. The van der Waals surface area contributed by atoms with Crippen LogP contribution in [0.15, 0.2) is 67.4 Å². The molecule has 1 aromatic carbocycles. The van der Waals surface area contributed by atoms with Gasteiger partial charge in [0.25, 0.3) is 0 Å². The first-order chi connectivity index (χ1) is 20.8. The number of terminal acetylenes is 1. The van der Waals surface area contributed by atoms with E-state index in [0.29, 0.717) is 5.69 Å². The van der Waals surface area contributed by atoms with Crippen molar-refractivity contribution in [2.75, 3.05) is 40.0 Å². The number of aliphatic hydroxyl groups is 1. The van der Waals surface area contributed by atoms with Gasteiger partial charge in [0.1, 0.15) is 5.69 Å². The van der Waals surface area contributed by atoms with Crippen LogP contribution in [0.5, 0.6) is 0 Å². The fraction of sp³-hybridized carbons (Fsp3) is 0.514. The molecule has 0 amide bonds. The first kappa shape index (κ1) is 46.7. The summed E-state index contributed by atoms with van der Waals surface area (Å²) in [6, 6.07) is 5.55. The van der Waals surface area contributed by atoms with Gasteiger partial charge in [-0.15, -0.1) is 37.5 Å². The number of rotatable bonds is 7. The van der Waals surface area contributed by atoms with E-state index in [1.54, 1.807) is 19.3 Å². The van der Waals surface area contributed by atoms with Gasteiger partial charge in [-0.25, -0.2) is 0 Å². The van der Waals surface area contributed by atoms with Crippen LogP contribution in [-0.4, -0.2) is 54.5 Å². The van der Waals surface area contributed by atoms with E-state index in [9.17, 15) is 4.91 Å². The highest BCUT2D eigenvalue weighted by Crippen LogP contribution is 2.31. The van der Waals surface area contributed by atoms with E-state index in [4.69, 9.17) is 9.84 Å². The molecule has 1 N–H and O–H groups in total. The van der Waals surface area contributed by atoms with Crippen LogP contribution in [0, 0.1) is 24.7 Å². The topological polar surface area (TPSA) is 67.1 Å². The molecule has 2 aromatic rings. The zero-order chi connectivity index (χ0) is 34.1. The number of benzene rings is 1. The van der Waals surface area contributed by atoms with Crippen molar-refractivity contribution in [3.05, 3.63) is 78.4 Å². The highest BCUT2D eigenvalue weighted by Gasteiger charge is 2.13. The molecule has 0 saturated carbocycles. The summed E-state index contributed by atoms with van der Waals surface area (Å²) in [7, 11) is 3.82. The predicted octanol–water partition coefficient (Wildman–Crippen LogP) is 10.0. The quantitative estimate of drug-likeness (QED) is 0.196. The van der Waals surface area contributed by atoms with Crippen LogP contribution in [0.1, 0.15) is 84.9 Å². The third-order valence-electron chi connectivity index (χ3n) is 6.08. The maximum absolute atomic E-state index is 10.6. The van der Waals surface area contributed by atoms with E-state index >= 15 is 0 Å². The lowest BCUT2D eigenvalue weighted by atomic mass is 10.1. The highest BCUT2D eigenvalue weighted by atomic mass is 16.5. The molecule has 1 aliphatic rings. The van der Waals surface area contributed by atoms with Gasteiger partial charge in [-0.2, -0.15) is 0 Å². The molecular weight excluding hydrogens is 534 g/mol. The Morgan fingerprint density at radius 3 is 1.93 bits per heavy atom. The van der Waals surface area contributed by atoms with Crippen molar-refractivity contribution in [3.63, 3.8) is 0 Å². The summed E-state index contributed by atoms with van der Waals surface area (Å²) in [5.41, 5.74) is 5.26. The minimum Gasteiger partial charge on any atom is -0.392 e. The Morgan fingerprint density at radius 1 is 1.07 bits per heavy atom. The third-order valence-corrected chi connectivity index (χ3v) is 6.08. The smallest absolute Gasteiger partial charge is 0.108 e. The molecule has 1 aliphatic heterocycles. The van der Waals surface area contributed by atoms with Crippen LogP contribution in [0.3, 0.4) is 0 Å². The van der Waals surface area contributed by atoms with E-state index < -0.39 is 0 Å². The zero-order valence-corrected chi connectivity index (χ0v) is 29.0. The van der Waals surface area contributed by atoms with Crippen molar-refractivity contribution in [2.45, 2.75) is 80.6 Å². The number of hydrogen-bond acceptors (Lipinski definition) is 5. The largest absolute Gasteiger partial charge is 0.392 e. The highest BCUT2D eigenvalue weighted by molar-refractivity contribution is 5.91. The Labute approximate surface area is 265 Å². The number of likely N-dealkylation sites (tertiary alicyclic amines) is 1. The van der Waals surface area contributed by atoms with Gasteiger partial charge in [0.15, 0.2) is 0 Å². The minimum atomic E-state index is 0.0833. The fourth-order valence-electron chi connectivity index (χ4n) is 3.95. The predicted molar refractivity (Wildman–Crippen MR) is 194 cm³/mol. The van der Waals surface area contributed by atoms with Gasteiger partial charge in [-0.3, -0.25) is 0 Å². The first-order valence-corrected chi connectivity index (χ1v) is 15.3. The van der Waals surface area contributed by atoms with Crippen molar-refractivity contribution in [3.8, 4) is 12.8 Å². The van der Waals surface area contributed by atoms with Gasteiger partial charge in [0.05, 0.1) is 13.2 Å². The van der Waals surface area contributed by atoms with Crippen molar-refractivity contribution in [1.82, 2.24) is 9.47 Å². The molecule has 1 aromatic heterocycles. The van der Waals surface area contributed by atoms with E-state index in [2.05, 4.69) is 74.1 Å². The molecule has 3 rings (SSSR count). The lowest BCUT2D eigenvalue weighted by Gasteiger charge is -2.18. The third kappa shape index (κ3) is 22.0. The zero-order valence-electron chi connectivity index (χ0n) is 29.0. The molecular formula is C37H63N3O3. The van der Waals surface area contributed by atoms with Gasteiger partial charge >= 0.3 is 0 Å². The molecule has 0 spiro atoms. The SMILES string of the molecule is C#C.C/C=C(\C)c1c(C)c2cc(N=O)ccc2n1C.C=CC.C=CCC.C=CCO.CC.COCCN1CCCCCC1. The molecule has 0 bridgehead atoms. The van der Waals surface area contributed by atoms with Crippen LogP contribution in [0.2, 0.25) is 0 Å². The Kier molecular flexibility index (Phi) is 38.0. The molecule has 1 fully saturated rings. The van der Waals surface area contributed by atoms with E-state index in [1.807, 2.05) is 53.0 Å². The molecule has 0 aliphatic carbocycles.